The van der Waals surface area contributed by atoms with Crippen LogP contribution in [0.4, 0.5) is 0 Å². The zero-order chi connectivity index (χ0) is 17.3. The molecule has 2 aliphatic rings. The highest BCUT2D eigenvalue weighted by atomic mass is 16.7. The van der Waals surface area contributed by atoms with Gasteiger partial charge >= 0.3 is 7.12 Å². The van der Waals surface area contributed by atoms with E-state index in [1.807, 2.05) is 55.5 Å². The first-order valence-electron chi connectivity index (χ1n) is 9.11. The summed E-state index contributed by atoms with van der Waals surface area (Å²) < 4.78 is 12.6. The molecular weight excluding hydrogens is 311 g/mol. The molecule has 1 saturated heterocycles. The van der Waals surface area contributed by atoms with Crippen molar-refractivity contribution < 1.29 is 14.1 Å². The van der Waals surface area contributed by atoms with Crippen LogP contribution in [0.3, 0.4) is 0 Å². The molecule has 1 saturated carbocycles. The van der Waals surface area contributed by atoms with E-state index >= 15 is 0 Å². The van der Waals surface area contributed by atoms with Crippen molar-refractivity contribution in [2.75, 3.05) is 0 Å². The van der Waals surface area contributed by atoms with Gasteiger partial charge in [-0.05, 0) is 43.6 Å². The molecule has 2 aromatic rings. The molecule has 1 aliphatic heterocycles. The Morgan fingerprint density at radius 3 is 2.40 bits per heavy atom. The van der Waals surface area contributed by atoms with E-state index in [4.69, 9.17) is 9.31 Å². The maximum atomic E-state index is 13.2. The van der Waals surface area contributed by atoms with Gasteiger partial charge in [-0.3, -0.25) is 4.79 Å². The molecule has 1 aliphatic carbocycles. The van der Waals surface area contributed by atoms with Gasteiger partial charge in [0, 0.05) is 6.42 Å². The van der Waals surface area contributed by atoms with Crippen molar-refractivity contribution in [3.63, 3.8) is 0 Å². The Labute approximate surface area is 149 Å². The molecule has 0 N–H and O–H groups in total. The summed E-state index contributed by atoms with van der Waals surface area (Å²) >= 11 is 0. The van der Waals surface area contributed by atoms with Crippen LogP contribution in [0.25, 0.3) is 0 Å². The average Bonchev–Trinajstić information content (AvgIpc) is 3.12. The van der Waals surface area contributed by atoms with Gasteiger partial charge in [-0.25, -0.2) is 0 Å². The fourth-order valence-electron chi connectivity index (χ4n) is 4.27. The van der Waals surface area contributed by atoms with Crippen molar-refractivity contribution in [1.82, 2.24) is 0 Å². The average molecular weight is 334 g/mol. The maximum absolute atomic E-state index is 13.2. The number of carbonyl (C=O) groups excluding carboxylic acids is 1. The van der Waals surface area contributed by atoms with Crippen molar-refractivity contribution >= 4 is 18.4 Å². The second-order valence-corrected chi connectivity index (χ2v) is 7.30. The minimum absolute atomic E-state index is 0.176. The minimum Gasteiger partial charge on any atom is -0.399 e. The van der Waals surface area contributed by atoms with Crippen LogP contribution in [0, 0.1) is 0 Å². The number of Topliss-reactive ketones (excluding diaryl/α,β-unsaturated/α-hetero) is 1. The molecule has 2 aromatic carbocycles. The summed E-state index contributed by atoms with van der Waals surface area (Å²) in [6.07, 6.45) is 3.82. The molecule has 4 heteroatoms. The Morgan fingerprint density at radius 1 is 1.00 bits per heavy atom. The Bertz CT molecular complexity index is 748. The summed E-state index contributed by atoms with van der Waals surface area (Å²) in [6.45, 7) is 2.04. The van der Waals surface area contributed by atoms with Gasteiger partial charge in [-0.1, -0.05) is 60.7 Å². The number of carbonyl (C=O) groups is 1. The van der Waals surface area contributed by atoms with Crippen molar-refractivity contribution in [2.24, 2.45) is 0 Å². The molecule has 2 atom stereocenters. The number of hydrogen-bond acceptors (Lipinski definition) is 3. The molecule has 4 rings (SSSR count). The Hall–Kier alpha value is -1.91. The molecule has 0 bridgehead atoms. The smallest absolute Gasteiger partial charge is 0.399 e. The monoisotopic (exact) mass is 334 g/mol. The van der Waals surface area contributed by atoms with E-state index in [0.717, 1.165) is 31.1 Å². The molecular formula is C21H23BO3. The largest absolute Gasteiger partial charge is 0.495 e. The molecule has 128 valence electrons. The van der Waals surface area contributed by atoms with Crippen LogP contribution in [0.15, 0.2) is 60.7 Å². The number of rotatable bonds is 5. The van der Waals surface area contributed by atoms with Gasteiger partial charge in [-0.2, -0.15) is 0 Å². The summed E-state index contributed by atoms with van der Waals surface area (Å²) in [5.74, 6) is 0.176. The van der Waals surface area contributed by atoms with Gasteiger partial charge in [0.2, 0.25) is 0 Å². The Balaban J connectivity index is 1.54. The van der Waals surface area contributed by atoms with Gasteiger partial charge in [0.25, 0.3) is 0 Å². The van der Waals surface area contributed by atoms with Gasteiger partial charge in [-0.15, -0.1) is 0 Å². The van der Waals surface area contributed by atoms with E-state index < -0.39 is 18.3 Å². The molecule has 0 aromatic heterocycles. The van der Waals surface area contributed by atoms with Gasteiger partial charge in [0.15, 0.2) is 5.78 Å². The molecule has 3 nitrogen and oxygen atoms in total. The van der Waals surface area contributed by atoms with Crippen LogP contribution < -0.4 is 5.46 Å². The number of fused-ring (bicyclic) bond motifs is 1. The number of hydrogen-bond donors (Lipinski definition) is 0. The lowest BCUT2D eigenvalue weighted by molar-refractivity contribution is -0.140. The Kier molecular flexibility index (Phi) is 4.26. The number of aryl methyl sites for hydroxylation is 1. The minimum atomic E-state index is -0.803. The predicted molar refractivity (Wildman–Crippen MR) is 98.8 cm³/mol. The number of ketones is 1. The van der Waals surface area contributed by atoms with Crippen LogP contribution in [0.1, 0.15) is 38.2 Å². The van der Waals surface area contributed by atoms with Crippen LogP contribution in [0.2, 0.25) is 0 Å². The molecule has 25 heavy (non-hydrogen) atoms. The standard InChI is InChI=1S/C21H23BO3/c1-20-15-8-16-21(20,19(23)14-13-17-9-4-2-5-10-17)25-22(24-20)18-11-6-3-7-12-18/h2-7,9-12H,8,13-16H2,1H3/t20-,21-/m0/s1. The molecule has 0 spiro atoms. The second kappa shape index (κ2) is 6.43. The second-order valence-electron chi connectivity index (χ2n) is 7.30. The highest BCUT2D eigenvalue weighted by Gasteiger charge is 2.65. The summed E-state index contributed by atoms with van der Waals surface area (Å²) in [7, 11) is -0.452. The van der Waals surface area contributed by atoms with Crippen molar-refractivity contribution in [2.45, 2.75) is 50.2 Å². The lowest BCUT2D eigenvalue weighted by Crippen LogP contribution is -2.51. The van der Waals surface area contributed by atoms with Crippen LogP contribution in [-0.4, -0.2) is 24.1 Å². The fraction of sp³-hybridized carbons (Fsp3) is 0.381. The SMILES string of the molecule is C[C@]12CCC[C@@]1(C(=O)CCc1ccccc1)OB(c1ccccc1)O2. The number of benzene rings is 2. The third-order valence-corrected chi connectivity index (χ3v) is 5.72. The highest BCUT2D eigenvalue weighted by molar-refractivity contribution is 6.62. The lowest BCUT2D eigenvalue weighted by Gasteiger charge is -2.34. The van der Waals surface area contributed by atoms with E-state index in [2.05, 4.69) is 12.1 Å². The lowest BCUT2D eigenvalue weighted by atomic mass is 9.79. The topological polar surface area (TPSA) is 35.5 Å². The summed E-state index contributed by atoms with van der Waals surface area (Å²) in [5.41, 5.74) is 0.836. The van der Waals surface area contributed by atoms with Gasteiger partial charge in [0.05, 0.1) is 5.60 Å². The van der Waals surface area contributed by atoms with Crippen LogP contribution >= 0.6 is 0 Å². The Morgan fingerprint density at radius 2 is 1.68 bits per heavy atom. The van der Waals surface area contributed by atoms with E-state index in [-0.39, 0.29) is 5.78 Å². The van der Waals surface area contributed by atoms with Crippen molar-refractivity contribution in [1.29, 1.82) is 0 Å². The highest BCUT2D eigenvalue weighted by Crippen LogP contribution is 2.50. The summed E-state index contributed by atoms with van der Waals surface area (Å²) in [5, 5.41) is 0. The van der Waals surface area contributed by atoms with E-state index in [1.165, 1.54) is 5.56 Å². The molecule has 0 unspecified atom stereocenters. The molecule has 0 radical (unpaired) electrons. The predicted octanol–water partition coefficient (Wildman–Crippen LogP) is 3.31. The zero-order valence-electron chi connectivity index (χ0n) is 14.6. The third kappa shape index (κ3) is 2.84. The molecule has 0 amide bonds. The quantitative estimate of drug-likeness (QED) is 0.787. The molecule has 1 heterocycles. The normalized spacial score (nSPS) is 28.1. The first kappa shape index (κ1) is 16.6. The maximum Gasteiger partial charge on any atom is 0.495 e. The first-order valence-corrected chi connectivity index (χ1v) is 9.11. The van der Waals surface area contributed by atoms with Gasteiger partial charge < -0.3 is 9.31 Å². The third-order valence-electron chi connectivity index (χ3n) is 5.72. The van der Waals surface area contributed by atoms with Crippen molar-refractivity contribution in [3.05, 3.63) is 66.2 Å². The van der Waals surface area contributed by atoms with E-state index in [0.29, 0.717) is 6.42 Å². The van der Waals surface area contributed by atoms with Crippen LogP contribution in [0.5, 0.6) is 0 Å². The molecule has 2 fully saturated rings. The van der Waals surface area contributed by atoms with Gasteiger partial charge in [0.1, 0.15) is 5.60 Å². The summed E-state index contributed by atoms with van der Waals surface area (Å²) in [4.78, 5) is 13.2. The first-order chi connectivity index (χ1) is 12.1. The van der Waals surface area contributed by atoms with Crippen LogP contribution in [-0.2, 0) is 20.5 Å². The van der Waals surface area contributed by atoms with E-state index in [1.54, 1.807) is 0 Å². The van der Waals surface area contributed by atoms with E-state index in [9.17, 15) is 4.79 Å². The summed E-state index contributed by atoms with van der Waals surface area (Å²) in [6, 6.07) is 20.1. The van der Waals surface area contributed by atoms with Crippen molar-refractivity contribution in [3.8, 4) is 0 Å². The zero-order valence-corrected chi connectivity index (χ0v) is 14.6. The fourth-order valence-corrected chi connectivity index (χ4v) is 4.27.